The summed E-state index contributed by atoms with van der Waals surface area (Å²) in [6.07, 6.45) is -8.73. The summed E-state index contributed by atoms with van der Waals surface area (Å²) in [5, 5.41) is 30.2. The standard InChI is InChI=1S/C18H39N7O2.3C2HF3O2/c1-15(19)8-13-22-9-6-7-11-24-17(27)14-16(26)23-10-4-2-3-5-12-25-18(20)21;3*3-2(4,5)1(6)7/h15,22H,2-14,19H2,1H3,(H,23,26)(H,24,27)(H4,20,21,25);3*(H,6,7). The number of amides is 2. The molecule has 0 aromatic rings. The van der Waals surface area contributed by atoms with Crippen LogP contribution in [0.4, 0.5) is 39.5 Å². The molecule has 1 atom stereocenters. The minimum atomic E-state index is -5.08. The first kappa shape index (κ1) is 50.8. The van der Waals surface area contributed by atoms with Crippen molar-refractivity contribution in [3.8, 4) is 0 Å². The number of hydrogen-bond donors (Lipinski definition) is 9. The number of nitrogens with two attached hydrogens (primary N) is 3. The van der Waals surface area contributed by atoms with Gasteiger partial charge in [0.15, 0.2) is 5.96 Å². The zero-order chi connectivity index (χ0) is 38.6. The number of carbonyl (C=O) groups excluding carboxylic acids is 2. The van der Waals surface area contributed by atoms with Crippen LogP contribution in [0, 0.1) is 0 Å². The van der Waals surface area contributed by atoms with E-state index in [4.69, 9.17) is 46.9 Å². The SMILES string of the molecule is CC(N)CCNCCCCNC(=O)CC(=O)NCCCCCCN=C(N)N.O=C(O)C(F)(F)F.O=C(O)C(F)(F)F.O=C(O)C(F)(F)F. The highest BCUT2D eigenvalue weighted by atomic mass is 19.4. The Bertz CT molecular complexity index is 903. The second-order valence-corrected chi connectivity index (χ2v) is 9.23. The number of nitrogens with zero attached hydrogens (tertiary/aromatic N) is 1. The highest BCUT2D eigenvalue weighted by Gasteiger charge is 2.39. The van der Waals surface area contributed by atoms with Crippen molar-refractivity contribution in [1.29, 1.82) is 0 Å². The highest BCUT2D eigenvalue weighted by Crippen LogP contribution is 2.14. The Morgan fingerprint density at radius 2 is 0.958 bits per heavy atom. The van der Waals surface area contributed by atoms with Crippen molar-refractivity contribution in [2.45, 2.75) is 82.9 Å². The van der Waals surface area contributed by atoms with Crippen LogP contribution in [0.2, 0.25) is 0 Å². The van der Waals surface area contributed by atoms with Gasteiger partial charge < -0.3 is 48.5 Å². The van der Waals surface area contributed by atoms with Crippen LogP contribution in [0.5, 0.6) is 0 Å². The predicted octanol–water partition coefficient (Wildman–Crippen LogP) is 1.45. The number of carboxylic acid groups (broad SMARTS) is 3. The van der Waals surface area contributed by atoms with Gasteiger partial charge in [0.2, 0.25) is 11.8 Å². The molecule has 0 aromatic carbocycles. The van der Waals surface area contributed by atoms with Gasteiger partial charge in [-0.3, -0.25) is 14.6 Å². The third-order valence-electron chi connectivity index (χ3n) is 4.63. The molecule has 12 N–H and O–H groups in total. The molecule has 48 heavy (non-hydrogen) atoms. The van der Waals surface area contributed by atoms with Crippen molar-refractivity contribution < 1.29 is 78.8 Å². The second-order valence-electron chi connectivity index (χ2n) is 9.23. The fourth-order valence-corrected chi connectivity index (χ4v) is 2.35. The molecule has 2 amide bonds. The number of nitrogens with one attached hydrogen (secondary N) is 3. The molecule has 0 spiro atoms. The number of aliphatic imine (C=N–C) groups is 1. The molecule has 0 fully saturated rings. The van der Waals surface area contributed by atoms with Crippen LogP contribution in [0.3, 0.4) is 0 Å². The maximum Gasteiger partial charge on any atom is 0.490 e. The van der Waals surface area contributed by atoms with E-state index >= 15 is 0 Å². The number of guanidine groups is 1. The van der Waals surface area contributed by atoms with Gasteiger partial charge in [-0.05, 0) is 52.1 Å². The molecular formula is C24H42F9N7O8. The molecule has 15 nitrogen and oxygen atoms in total. The second kappa shape index (κ2) is 28.0. The maximum absolute atomic E-state index is 11.7. The summed E-state index contributed by atoms with van der Waals surface area (Å²) in [5.41, 5.74) is 16.1. The van der Waals surface area contributed by atoms with Crippen LogP contribution >= 0.6 is 0 Å². The molecule has 0 bridgehead atoms. The minimum absolute atomic E-state index is 0.114. The number of carboxylic acids is 3. The van der Waals surface area contributed by atoms with E-state index in [0.717, 1.165) is 58.0 Å². The summed E-state index contributed by atoms with van der Waals surface area (Å²) >= 11 is 0. The Morgan fingerprint density at radius 1 is 0.625 bits per heavy atom. The molecule has 0 saturated carbocycles. The number of aliphatic carboxylic acids is 3. The monoisotopic (exact) mass is 727 g/mol. The smallest absolute Gasteiger partial charge is 0.475 e. The zero-order valence-electron chi connectivity index (χ0n) is 25.7. The van der Waals surface area contributed by atoms with Gasteiger partial charge in [-0.15, -0.1) is 0 Å². The summed E-state index contributed by atoms with van der Waals surface area (Å²) < 4.78 is 95.2. The van der Waals surface area contributed by atoms with Gasteiger partial charge in [-0.25, -0.2) is 14.4 Å². The quantitative estimate of drug-likeness (QED) is 0.0339. The van der Waals surface area contributed by atoms with E-state index in [1.165, 1.54) is 0 Å². The molecule has 0 aliphatic heterocycles. The minimum Gasteiger partial charge on any atom is -0.475 e. The van der Waals surface area contributed by atoms with Gasteiger partial charge in [0.05, 0.1) is 0 Å². The first-order chi connectivity index (χ1) is 21.7. The lowest BCUT2D eigenvalue weighted by Crippen LogP contribution is -2.33. The van der Waals surface area contributed by atoms with E-state index in [1.807, 2.05) is 6.92 Å². The largest absolute Gasteiger partial charge is 0.490 e. The molecule has 1 unspecified atom stereocenters. The number of rotatable bonds is 17. The normalized spacial score (nSPS) is 11.5. The molecular weight excluding hydrogens is 685 g/mol. The summed E-state index contributed by atoms with van der Waals surface area (Å²) in [4.78, 5) is 54.0. The Hall–Kier alpha value is -4.09. The van der Waals surface area contributed by atoms with Gasteiger partial charge in [0.25, 0.3) is 0 Å². The maximum atomic E-state index is 11.7. The van der Waals surface area contributed by atoms with Crippen LogP contribution < -0.4 is 33.2 Å². The van der Waals surface area contributed by atoms with E-state index in [0.29, 0.717) is 19.6 Å². The summed E-state index contributed by atoms with van der Waals surface area (Å²) in [5.74, 6) is -8.61. The highest BCUT2D eigenvalue weighted by molar-refractivity contribution is 5.96. The van der Waals surface area contributed by atoms with Crippen molar-refractivity contribution >= 4 is 35.7 Å². The first-order valence-corrected chi connectivity index (χ1v) is 13.7. The molecule has 284 valence electrons. The summed E-state index contributed by atoms with van der Waals surface area (Å²) in [6.45, 7) is 5.64. The number of halogens is 9. The number of carbonyl (C=O) groups is 5. The van der Waals surface area contributed by atoms with E-state index in [-0.39, 0.29) is 30.2 Å². The molecule has 0 aromatic heterocycles. The Kier molecular flexibility index (Phi) is 29.6. The zero-order valence-corrected chi connectivity index (χ0v) is 25.7. The van der Waals surface area contributed by atoms with Gasteiger partial charge in [-0.2, -0.15) is 39.5 Å². The van der Waals surface area contributed by atoms with Crippen LogP contribution in [-0.2, 0) is 24.0 Å². The Balaban J connectivity index is -0.000000369. The molecule has 0 radical (unpaired) electrons. The fourth-order valence-electron chi connectivity index (χ4n) is 2.35. The summed E-state index contributed by atoms with van der Waals surface area (Å²) in [6, 6.07) is 0.221. The lowest BCUT2D eigenvalue weighted by Gasteiger charge is -2.08. The van der Waals surface area contributed by atoms with E-state index in [2.05, 4.69) is 20.9 Å². The van der Waals surface area contributed by atoms with E-state index in [9.17, 15) is 49.1 Å². The molecule has 0 aliphatic rings. The molecule has 0 saturated heterocycles. The van der Waals surface area contributed by atoms with Crippen LogP contribution in [0.1, 0.15) is 58.3 Å². The molecule has 0 aliphatic carbocycles. The van der Waals surface area contributed by atoms with E-state index in [1.54, 1.807) is 0 Å². The number of alkyl halides is 9. The van der Waals surface area contributed by atoms with Crippen molar-refractivity contribution in [2.24, 2.45) is 22.2 Å². The Morgan fingerprint density at radius 3 is 1.29 bits per heavy atom. The predicted molar refractivity (Wildman–Crippen MR) is 151 cm³/mol. The van der Waals surface area contributed by atoms with Crippen LogP contribution in [0.25, 0.3) is 0 Å². The van der Waals surface area contributed by atoms with Gasteiger partial charge >= 0.3 is 36.4 Å². The lowest BCUT2D eigenvalue weighted by molar-refractivity contribution is -0.193. The van der Waals surface area contributed by atoms with Crippen LogP contribution in [-0.4, -0.2) is 108 Å². The third-order valence-corrected chi connectivity index (χ3v) is 4.63. The van der Waals surface area contributed by atoms with Gasteiger partial charge in [0.1, 0.15) is 6.42 Å². The summed E-state index contributed by atoms with van der Waals surface area (Å²) in [7, 11) is 0. The van der Waals surface area contributed by atoms with E-state index < -0.39 is 36.4 Å². The fraction of sp³-hybridized carbons (Fsp3) is 0.750. The number of unbranched alkanes of at least 4 members (excludes halogenated alkanes) is 4. The third kappa shape index (κ3) is 44.0. The lowest BCUT2D eigenvalue weighted by atomic mass is 10.2. The van der Waals surface area contributed by atoms with Crippen molar-refractivity contribution in [3.05, 3.63) is 0 Å². The van der Waals surface area contributed by atoms with Crippen LogP contribution in [0.15, 0.2) is 4.99 Å². The van der Waals surface area contributed by atoms with Gasteiger partial charge in [0, 0.05) is 25.7 Å². The first-order valence-electron chi connectivity index (χ1n) is 13.7. The molecule has 0 rings (SSSR count). The molecule has 24 heteroatoms. The molecule has 0 heterocycles. The van der Waals surface area contributed by atoms with Gasteiger partial charge in [-0.1, -0.05) is 12.8 Å². The number of hydrogen-bond acceptors (Lipinski definition) is 8. The Labute approximate surface area is 268 Å². The van der Waals surface area contributed by atoms with Crippen molar-refractivity contribution in [2.75, 3.05) is 32.7 Å². The average molecular weight is 728 g/mol. The van der Waals surface area contributed by atoms with Crippen molar-refractivity contribution in [3.63, 3.8) is 0 Å². The topological polar surface area (TPSA) is 273 Å². The van der Waals surface area contributed by atoms with Crippen molar-refractivity contribution in [1.82, 2.24) is 16.0 Å². The average Bonchev–Trinajstić information content (AvgIpc) is 2.90.